The standard InChI is InChI=1S/C44H38N4/c1-28-19-21-31(22-20-28)44-47-42(39-26-32-13-5-6-14-36(32)37-15-7-8-16-38(37)39)27-43(48(44)4)35-24-33(40-17-9-11-29(2)45-40)23-34(25-35)41-18-10-12-30(3)46-41/h5-27,29,43,45H,1-4H3. The molecule has 3 heterocycles. The first-order chi connectivity index (χ1) is 23.4. The van der Waals surface area contributed by atoms with Crippen LogP contribution in [-0.4, -0.2) is 28.8 Å². The van der Waals surface area contributed by atoms with E-state index in [0.29, 0.717) is 0 Å². The van der Waals surface area contributed by atoms with E-state index in [9.17, 15) is 0 Å². The molecule has 2 aliphatic heterocycles. The van der Waals surface area contributed by atoms with Crippen LogP contribution in [0.1, 0.15) is 46.5 Å². The van der Waals surface area contributed by atoms with Crippen molar-refractivity contribution in [3.63, 3.8) is 0 Å². The van der Waals surface area contributed by atoms with Crippen LogP contribution in [0.5, 0.6) is 0 Å². The predicted octanol–water partition coefficient (Wildman–Crippen LogP) is 10.0. The molecule has 5 aromatic carbocycles. The lowest BCUT2D eigenvalue weighted by Crippen LogP contribution is -2.33. The second-order valence-corrected chi connectivity index (χ2v) is 13.0. The van der Waals surface area contributed by atoms with Gasteiger partial charge in [-0.15, -0.1) is 0 Å². The smallest absolute Gasteiger partial charge is 0.137 e. The van der Waals surface area contributed by atoms with Crippen LogP contribution in [0, 0.1) is 13.8 Å². The van der Waals surface area contributed by atoms with Gasteiger partial charge in [-0.1, -0.05) is 96.6 Å². The molecule has 8 rings (SSSR count). The van der Waals surface area contributed by atoms with Gasteiger partial charge in [0, 0.05) is 41.2 Å². The van der Waals surface area contributed by atoms with Gasteiger partial charge in [-0.3, -0.25) is 4.98 Å². The lowest BCUT2D eigenvalue weighted by molar-refractivity contribution is 0.435. The summed E-state index contributed by atoms with van der Waals surface area (Å²) >= 11 is 0. The minimum atomic E-state index is -0.0836. The summed E-state index contributed by atoms with van der Waals surface area (Å²) < 4.78 is 0. The van der Waals surface area contributed by atoms with Gasteiger partial charge in [-0.05, 0) is 102 Å². The Labute approximate surface area is 282 Å². The number of aromatic nitrogens is 1. The molecule has 0 spiro atoms. The summed E-state index contributed by atoms with van der Waals surface area (Å²) in [6.45, 7) is 6.36. The largest absolute Gasteiger partial charge is 0.379 e. The van der Waals surface area contributed by atoms with Crippen LogP contribution < -0.4 is 5.32 Å². The van der Waals surface area contributed by atoms with E-state index >= 15 is 0 Å². The molecule has 0 amide bonds. The summed E-state index contributed by atoms with van der Waals surface area (Å²) in [4.78, 5) is 12.7. The molecule has 1 aromatic heterocycles. The summed E-state index contributed by atoms with van der Waals surface area (Å²) in [6, 6.07) is 41.7. The van der Waals surface area contributed by atoms with Crippen molar-refractivity contribution in [3.8, 4) is 11.3 Å². The molecule has 0 radical (unpaired) electrons. The maximum atomic E-state index is 5.44. The fourth-order valence-electron chi connectivity index (χ4n) is 7.00. The molecule has 2 atom stereocenters. The van der Waals surface area contributed by atoms with E-state index < -0.39 is 0 Å². The van der Waals surface area contributed by atoms with Gasteiger partial charge in [-0.25, -0.2) is 4.99 Å². The van der Waals surface area contributed by atoms with Crippen LogP contribution in [0.25, 0.3) is 44.2 Å². The zero-order valence-corrected chi connectivity index (χ0v) is 27.8. The van der Waals surface area contributed by atoms with Crippen molar-refractivity contribution in [1.29, 1.82) is 0 Å². The summed E-state index contributed by atoms with van der Waals surface area (Å²) in [5.41, 5.74) is 10.9. The fourth-order valence-corrected chi connectivity index (χ4v) is 7.00. The van der Waals surface area contributed by atoms with Gasteiger partial charge >= 0.3 is 0 Å². The number of amidine groups is 1. The number of hydrogen-bond donors (Lipinski definition) is 1. The highest BCUT2D eigenvalue weighted by atomic mass is 15.2. The number of aryl methyl sites for hydroxylation is 2. The Morgan fingerprint density at radius 1 is 0.708 bits per heavy atom. The predicted molar refractivity (Wildman–Crippen MR) is 202 cm³/mol. The molecule has 6 aromatic rings. The molecule has 4 nitrogen and oxygen atoms in total. The van der Waals surface area contributed by atoms with Crippen molar-refractivity contribution < 1.29 is 0 Å². The summed E-state index contributed by atoms with van der Waals surface area (Å²) in [6.07, 6.45) is 8.83. The van der Waals surface area contributed by atoms with Gasteiger partial charge < -0.3 is 10.2 Å². The van der Waals surface area contributed by atoms with E-state index in [-0.39, 0.29) is 12.1 Å². The molecule has 2 unspecified atom stereocenters. The highest BCUT2D eigenvalue weighted by Crippen LogP contribution is 2.39. The third-order valence-electron chi connectivity index (χ3n) is 9.49. The molecule has 0 saturated heterocycles. The molecule has 0 saturated carbocycles. The molecule has 0 aliphatic carbocycles. The van der Waals surface area contributed by atoms with E-state index in [0.717, 1.165) is 50.9 Å². The molecule has 0 fully saturated rings. The van der Waals surface area contributed by atoms with Gasteiger partial charge in [0.2, 0.25) is 0 Å². The second kappa shape index (κ2) is 12.1. The number of allylic oxidation sites excluding steroid dienone is 2. The normalized spacial score (nSPS) is 17.6. The van der Waals surface area contributed by atoms with E-state index in [1.165, 1.54) is 32.7 Å². The summed E-state index contributed by atoms with van der Waals surface area (Å²) in [7, 11) is 2.16. The van der Waals surface area contributed by atoms with Crippen molar-refractivity contribution >= 4 is 38.8 Å². The van der Waals surface area contributed by atoms with Crippen molar-refractivity contribution in [2.75, 3.05) is 7.05 Å². The number of nitrogens with zero attached hydrogens (tertiary/aromatic N) is 3. The number of likely N-dealkylation sites (N-methyl/N-ethyl adjacent to an activating group) is 1. The van der Waals surface area contributed by atoms with Crippen molar-refractivity contribution in [2.24, 2.45) is 4.99 Å². The van der Waals surface area contributed by atoms with Crippen LogP contribution >= 0.6 is 0 Å². The van der Waals surface area contributed by atoms with E-state index in [1.807, 2.05) is 13.0 Å². The number of dihydropyridines is 1. The average molecular weight is 623 g/mol. The van der Waals surface area contributed by atoms with Gasteiger partial charge in [0.1, 0.15) is 5.84 Å². The monoisotopic (exact) mass is 622 g/mol. The SMILES string of the molecule is Cc1ccc(C2=NC(c3cc4ccccc4c4ccccc34)=CC(c3cc(C4=CC=CC(C)N4)cc(-c4cccc(C)n4)c3)N2C)cc1. The Bertz CT molecular complexity index is 2320. The molecular formula is C44H38N4. The Kier molecular flexibility index (Phi) is 7.49. The molecule has 234 valence electrons. The number of fused-ring (bicyclic) bond motifs is 3. The maximum Gasteiger partial charge on any atom is 0.137 e. The summed E-state index contributed by atoms with van der Waals surface area (Å²) in [5.74, 6) is 0.946. The number of pyridine rings is 1. The van der Waals surface area contributed by atoms with E-state index in [1.54, 1.807) is 0 Å². The first-order valence-electron chi connectivity index (χ1n) is 16.7. The number of aliphatic imine (C=N–C) groups is 1. The lowest BCUT2D eigenvalue weighted by Gasteiger charge is -2.34. The third-order valence-corrected chi connectivity index (χ3v) is 9.49. The summed E-state index contributed by atoms with van der Waals surface area (Å²) in [5, 5.41) is 8.58. The van der Waals surface area contributed by atoms with E-state index in [2.05, 4.69) is 165 Å². The third kappa shape index (κ3) is 5.50. The van der Waals surface area contributed by atoms with Gasteiger partial charge in [0.05, 0.1) is 17.4 Å². The van der Waals surface area contributed by atoms with Crippen LogP contribution in [0.4, 0.5) is 0 Å². The molecule has 2 aliphatic rings. The number of benzene rings is 5. The quantitative estimate of drug-likeness (QED) is 0.195. The number of hydrogen-bond acceptors (Lipinski definition) is 4. The fraction of sp³-hybridized carbons (Fsp3) is 0.136. The Morgan fingerprint density at radius 3 is 2.25 bits per heavy atom. The van der Waals surface area contributed by atoms with Gasteiger partial charge in [0.15, 0.2) is 0 Å². The lowest BCUT2D eigenvalue weighted by atomic mass is 9.91. The molecular weight excluding hydrogens is 585 g/mol. The second-order valence-electron chi connectivity index (χ2n) is 13.0. The Morgan fingerprint density at radius 2 is 1.46 bits per heavy atom. The highest BCUT2D eigenvalue weighted by molar-refractivity contribution is 6.13. The van der Waals surface area contributed by atoms with Crippen molar-refractivity contribution in [1.82, 2.24) is 15.2 Å². The number of nitrogens with one attached hydrogen (secondary N) is 1. The zero-order chi connectivity index (χ0) is 32.8. The van der Waals surface area contributed by atoms with Gasteiger partial charge in [0.25, 0.3) is 0 Å². The maximum absolute atomic E-state index is 5.44. The zero-order valence-electron chi connectivity index (χ0n) is 27.8. The van der Waals surface area contributed by atoms with Crippen LogP contribution in [0.3, 0.4) is 0 Å². The molecule has 1 N–H and O–H groups in total. The van der Waals surface area contributed by atoms with Gasteiger partial charge in [-0.2, -0.15) is 0 Å². The first-order valence-corrected chi connectivity index (χ1v) is 16.7. The Hall–Kier alpha value is -5.74. The Balaban J connectivity index is 1.36. The minimum Gasteiger partial charge on any atom is -0.379 e. The average Bonchev–Trinajstić information content (AvgIpc) is 3.12. The van der Waals surface area contributed by atoms with Crippen molar-refractivity contribution in [2.45, 2.75) is 32.9 Å². The van der Waals surface area contributed by atoms with Crippen LogP contribution in [0.15, 0.2) is 145 Å². The van der Waals surface area contributed by atoms with Crippen LogP contribution in [-0.2, 0) is 0 Å². The molecule has 0 bridgehead atoms. The molecule has 48 heavy (non-hydrogen) atoms. The van der Waals surface area contributed by atoms with E-state index in [4.69, 9.17) is 9.98 Å². The van der Waals surface area contributed by atoms with Crippen molar-refractivity contribution in [3.05, 3.63) is 173 Å². The molecule has 4 heteroatoms. The highest BCUT2D eigenvalue weighted by Gasteiger charge is 2.27. The minimum absolute atomic E-state index is 0.0836. The first kappa shape index (κ1) is 29.6. The topological polar surface area (TPSA) is 40.5 Å². The van der Waals surface area contributed by atoms with Crippen LogP contribution in [0.2, 0.25) is 0 Å². The number of rotatable bonds is 5.